The first-order valence-corrected chi connectivity index (χ1v) is 8.91. The number of carbonyl (C=O) groups excluding carboxylic acids is 1. The second-order valence-corrected chi connectivity index (χ2v) is 6.52. The van der Waals surface area contributed by atoms with Crippen LogP contribution in [0.5, 0.6) is 5.75 Å². The lowest BCUT2D eigenvalue weighted by Gasteiger charge is -2.30. The molecule has 2 N–H and O–H groups in total. The van der Waals surface area contributed by atoms with Crippen LogP contribution in [0, 0.1) is 0 Å². The Balaban J connectivity index is 1.76. The van der Waals surface area contributed by atoms with Gasteiger partial charge in [-0.15, -0.1) is 0 Å². The molecule has 0 bridgehead atoms. The Kier molecular flexibility index (Phi) is 4.60. The van der Waals surface area contributed by atoms with Gasteiger partial charge in [-0.1, -0.05) is 36.4 Å². The van der Waals surface area contributed by atoms with Gasteiger partial charge in [0.1, 0.15) is 5.75 Å². The zero-order valence-electron chi connectivity index (χ0n) is 15.1. The molecule has 0 radical (unpaired) electrons. The summed E-state index contributed by atoms with van der Waals surface area (Å²) < 4.78 is 5.23. The summed E-state index contributed by atoms with van der Waals surface area (Å²) >= 11 is 0. The third kappa shape index (κ3) is 3.29. The third-order valence-corrected chi connectivity index (χ3v) is 4.83. The molecule has 0 spiro atoms. The molecule has 136 valence electrons. The lowest BCUT2D eigenvalue weighted by atomic mass is 9.93. The van der Waals surface area contributed by atoms with Crippen molar-refractivity contribution < 1.29 is 9.53 Å². The van der Waals surface area contributed by atoms with Crippen molar-refractivity contribution in [3.8, 4) is 5.75 Å². The molecule has 5 heteroatoms. The maximum atomic E-state index is 12.9. The highest BCUT2D eigenvalue weighted by molar-refractivity contribution is 6.09. The first kappa shape index (κ1) is 17.2. The zero-order valence-corrected chi connectivity index (χ0v) is 15.1. The molecule has 0 amide bonds. The van der Waals surface area contributed by atoms with Gasteiger partial charge in [-0.05, 0) is 35.4 Å². The van der Waals surface area contributed by atoms with Gasteiger partial charge in [0, 0.05) is 18.3 Å². The summed E-state index contributed by atoms with van der Waals surface area (Å²) in [6.45, 7) is 1.25. The van der Waals surface area contributed by atoms with E-state index < -0.39 is 6.04 Å². The molecule has 4 rings (SSSR count). The number of ether oxygens (including phenoxy) is 1. The van der Waals surface area contributed by atoms with E-state index in [1.165, 1.54) is 0 Å². The highest BCUT2D eigenvalue weighted by Crippen LogP contribution is 2.31. The number of Topliss-reactive ketones (excluding diaryl/α,β-unsaturated/α-hetero) is 1. The topological polar surface area (TPSA) is 67.9 Å². The van der Waals surface area contributed by atoms with Gasteiger partial charge < -0.3 is 15.4 Å². The van der Waals surface area contributed by atoms with Crippen molar-refractivity contribution in [3.63, 3.8) is 0 Å². The van der Waals surface area contributed by atoms with Crippen molar-refractivity contribution in [2.24, 2.45) is 10.7 Å². The van der Waals surface area contributed by atoms with E-state index in [-0.39, 0.29) is 5.78 Å². The molecule has 0 saturated carbocycles. The van der Waals surface area contributed by atoms with Crippen molar-refractivity contribution >= 4 is 23.3 Å². The van der Waals surface area contributed by atoms with Crippen molar-refractivity contribution in [3.05, 3.63) is 77.5 Å². The minimum absolute atomic E-state index is 0.0797. The first-order valence-electron chi connectivity index (χ1n) is 8.91. The van der Waals surface area contributed by atoms with E-state index in [9.17, 15) is 4.79 Å². The number of carbonyl (C=O) groups is 1. The average Bonchev–Trinajstić information content (AvgIpc) is 2.92. The molecule has 27 heavy (non-hydrogen) atoms. The van der Waals surface area contributed by atoms with Crippen molar-refractivity contribution in [1.82, 2.24) is 0 Å². The predicted octanol–water partition coefficient (Wildman–Crippen LogP) is 2.81. The van der Waals surface area contributed by atoms with E-state index in [0.29, 0.717) is 18.8 Å². The Morgan fingerprint density at radius 3 is 2.70 bits per heavy atom. The molecule has 0 fully saturated rings. The number of methoxy groups -OCH3 is 1. The summed E-state index contributed by atoms with van der Waals surface area (Å²) in [6.07, 6.45) is 5.60. The van der Waals surface area contributed by atoms with Gasteiger partial charge in [-0.3, -0.25) is 9.79 Å². The number of anilines is 1. The molecular weight excluding hydrogens is 338 g/mol. The Morgan fingerprint density at radius 1 is 1.15 bits per heavy atom. The quantitative estimate of drug-likeness (QED) is 0.915. The molecular formula is C22H21N3O2. The number of hydrogen-bond acceptors (Lipinski definition) is 5. The molecule has 2 aromatic rings. The maximum Gasteiger partial charge on any atom is 0.199 e. The fourth-order valence-electron chi connectivity index (χ4n) is 3.41. The third-order valence-electron chi connectivity index (χ3n) is 4.83. The number of nitrogens with zero attached hydrogens (tertiary/aromatic N) is 2. The summed E-state index contributed by atoms with van der Waals surface area (Å²) in [7, 11) is 1.64. The van der Waals surface area contributed by atoms with E-state index >= 15 is 0 Å². The predicted molar refractivity (Wildman–Crippen MR) is 108 cm³/mol. The highest BCUT2D eigenvalue weighted by Gasteiger charge is 2.28. The van der Waals surface area contributed by atoms with Gasteiger partial charge in [0.15, 0.2) is 5.78 Å². The summed E-state index contributed by atoms with van der Waals surface area (Å²) in [5.41, 5.74) is 10.7. The van der Waals surface area contributed by atoms with Gasteiger partial charge in [-0.2, -0.15) is 0 Å². The molecule has 1 unspecified atom stereocenters. The zero-order chi connectivity index (χ0) is 18.8. The minimum Gasteiger partial charge on any atom is -0.497 e. The van der Waals surface area contributed by atoms with Gasteiger partial charge in [0.25, 0.3) is 0 Å². The van der Waals surface area contributed by atoms with Crippen LogP contribution in [0.15, 0.2) is 71.4 Å². The summed E-state index contributed by atoms with van der Waals surface area (Å²) in [4.78, 5) is 19.3. The van der Waals surface area contributed by atoms with Gasteiger partial charge in [-0.25, -0.2) is 0 Å². The number of para-hydroxylation sites is 1. The molecule has 2 aliphatic rings. The number of ketones is 1. The molecule has 1 aliphatic heterocycles. The van der Waals surface area contributed by atoms with Crippen molar-refractivity contribution in [2.75, 3.05) is 25.1 Å². The smallest absolute Gasteiger partial charge is 0.199 e. The molecule has 0 aromatic heterocycles. The Morgan fingerprint density at radius 2 is 1.93 bits per heavy atom. The number of allylic oxidation sites excluding steroid dienone is 2. The largest absolute Gasteiger partial charge is 0.497 e. The highest BCUT2D eigenvalue weighted by atomic mass is 16.5. The maximum absolute atomic E-state index is 12.9. The number of aliphatic imine (C=N–C) groups is 1. The molecule has 2 aromatic carbocycles. The normalized spacial score (nSPS) is 19.1. The SMILES string of the molecule is COc1ccc(C2=CC(N)C(=O)C(N3CCN=Cc4ccccc43)=C2)cc1. The van der Waals surface area contributed by atoms with Gasteiger partial charge >= 0.3 is 0 Å². The molecule has 0 saturated heterocycles. The van der Waals surface area contributed by atoms with E-state index in [4.69, 9.17) is 10.5 Å². The number of fused-ring (bicyclic) bond motifs is 1. The van der Waals surface area contributed by atoms with E-state index in [0.717, 1.165) is 28.1 Å². The minimum atomic E-state index is -0.668. The Hall–Kier alpha value is -3.18. The van der Waals surface area contributed by atoms with Crippen LogP contribution in [0.25, 0.3) is 5.57 Å². The standard InChI is InChI=1S/C22H21N3O2/c1-27-18-8-6-15(7-9-18)17-12-19(23)22(26)21(13-17)25-11-10-24-14-16-4-2-3-5-20(16)25/h2-9,12-14,19H,10-11,23H2,1H3. The van der Waals surface area contributed by atoms with Crippen molar-refractivity contribution in [2.45, 2.75) is 6.04 Å². The summed E-state index contributed by atoms with van der Waals surface area (Å²) in [6, 6.07) is 15.0. The number of nitrogens with two attached hydrogens (primary N) is 1. The van der Waals surface area contributed by atoms with Crippen molar-refractivity contribution in [1.29, 1.82) is 0 Å². The van der Waals surface area contributed by atoms with Crippen LogP contribution in [0.1, 0.15) is 11.1 Å². The second kappa shape index (κ2) is 7.21. The monoisotopic (exact) mass is 359 g/mol. The van der Waals surface area contributed by atoms with Gasteiger partial charge in [0.2, 0.25) is 0 Å². The molecule has 5 nitrogen and oxygen atoms in total. The van der Waals surface area contributed by atoms with Crippen LogP contribution >= 0.6 is 0 Å². The Labute approximate surface area is 158 Å². The van der Waals surface area contributed by atoms with Crippen LogP contribution in [0.4, 0.5) is 5.69 Å². The second-order valence-electron chi connectivity index (χ2n) is 6.52. The number of hydrogen-bond donors (Lipinski definition) is 1. The van der Waals surface area contributed by atoms with Gasteiger partial charge in [0.05, 0.1) is 31.1 Å². The fourth-order valence-corrected chi connectivity index (χ4v) is 3.41. The van der Waals surface area contributed by atoms with E-state index in [1.807, 2.05) is 71.8 Å². The van der Waals surface area contributed by atoms with Crippen LogP contribution in [-0.2, 0) is 4.79 Å². The fraction of sp³-hybridized carbons (Fsp3) is 0.182. The lowest BCUT2D eigenvalue weighted by molar-refractivity contribution is -0.116. The van der Waals surface area contributed by atoms with Crippen LogP contribution in [-0.4, -0.2) is 38.2 Å². The number of benzodiazepines with no additional fused rings is 1. The average molecular weight is 359 g/mol. The molecule has 1 atom stereocenters. The first-order chi connectivity index (χ1) is 13.2. The van der Waals surface area contributed by atoms with Crippen LogP contribution in [0.2, 0.25) is 0 Å². The molecule has 1 heterocycles. The number of rotatable bonds is 3. The Bertz CT molecular complexity index is 958. The van der Waals surface area contributed by atoms with E-state index in [1.54, 1.807) is 7.11 Å². The lowest BCUT2D eigenvalue weighted by Crippen LogP contribution is -2.40. The molecule has 1 aliphatic carbocycles. The summed E-state index contributed by atoms with van der Waals surface area (Å²) in [5.74, 6) is 0.710. The van der Waals surface area contributed by atoms with E-state index in [2.05, 4.69) is 4.99 Å². The van der Waals surface area contributed by atoms with Crippen LogP contribution < -0.4 is 15.4 Å². The summed E-state index contributed by atoms with van der Waals surface area (Å²) in [5, 5.41) is 0. The number of benzene rings is 2. The van der Waals surface area contributed by atoms with Crippen LogP contribution in [0.3, 0.4) is 0 Å².